The van der Waals surface area contributed by atoms with Crippen molar-refractivity contribution in [2.45, 2.75) is 71.6 Å². The number of rotatable bonds is 12. The van der Waals surface area contributed by atoms with Crippen molar-refractivity contribution in [2.75, 3.05) is 6.54 Å². The van der Waals surface area contributed by atoms with E-state index in [-0.39, 0.29) is 31.8 Å². The number of ether oxygens (including phenoxy) is 2. The Morgan fingerprint density at radius 2 is 1.72 bits per heavy atom. The molecular weight excluding hydrogens is 414 g/mol. The van der Waals surface area contributed by atoms with Gasteiger partial charge in [0.05, 0.1) is 0 Å². The summed E-state index contributed by atoms with van der Waals surface area (Å²) >= 11 is 0. The van der Waals surface area contributed by atoms with Gasteiger partial charge in [-0.2, -0.15) is 0 Å². The standard InChI is InChI=1S/C23H35N3O6/c1-16(14-19(24)27)12-13-25-21(29)18(26-22(30)32-23(2,3)4)10-11-20(28)31-15-17-8-6-5-7-9-17/h5-9,16,18H,10-15H2,1-4H3,(H2,24,27)(H,25,29)(H,26,30)/t16?,18-/m0/s1. The Balaban J connectivity index is 2.60. The van der Waals surface area contributed by atoms with Gasteiger partial charge >= 0.3 is 12.1 Å². The SMILES string of the molecule is CC(CCNC(=O)[C@H](CCC(=O)OCc1ccccc1)NC(=O)OC(C)(C)C)CC(N)=O. The van der Waals surface area contributed by atoms with Gasteiger partial charge in [0.25, 0.3) is 0 Å². The maximum absolute atomic E-state index is 12.6. The van der Waals surface area contributed by atoms with E-state index in [0.29, 0.717) is 13.0 Å². The van der Waals surface area contributed by atoms with Crippen LogP contribution in [-0.2, 0) is 30.5 Å². The molecule has 0 aliphatic rings. The number of amides is 3. The van der Waals surface area contributed by atoms with Gasteiger partial charge in [0.1, 0.15) is 18.2 Å². The number of benzene rings is 1. The number of alkyl carbamates (subject to hydrolysis) is 1. The molecule has 0 aliphatic carbocycles. The van der Waals surface area contributed by atoms with Crippen LogP contribution in [0, 0.1) is 5.92 Å². The first-order chi connectivity index (χ1) is 15.0. The minimum Gasteiger partial charge on any atom is -0.461 e. The summed E-state index contributed by atoms with van der Waals surface area (Å²) in [6.45, 7) is 7.43. The lowest BCUT2D eigenvalue weighted by Crippen LogP contribution is -2.48. The number of esters is 1. The molecule has 0 aliphatic heterocycles. The van der Waals surface area contributed by atoms with Gasteiger partial charge in [-0.05, 0) is 45.1 Å². The maximum Gasteiger partial charge on any atom is 0.408 e. The third-order valence-electron chi connectivity index (χ3n) is 4.37. The van der Waals surface area contributed by atoms with Gasteiger partial charge in [-0.1, -0.05) is 37.3 Å². The van der Waals surface area contributed by atoms with Crippen LogP contribution in [0.4, 0.5) is 4.79 Å². The van der Waals surface area contributed by atoms with Crippen LogP contribution >= 0.6 is 0 Å². The van der Waals surface area contributed by atoms with Gasteiger partial charge in [0, 0.05) is 19.4 Å². The molecule has 0 bridgehead atoms. The number of primary amides is 1. The molecule has 0 fully saturated rings. The second-order valence-electron chi connectivity index (χ2n) is 8.74. The summed E-state index contributed by atoms with van der Waals surface area (Å²) in [6, 6.07) is 8.27. The van der Waals surface area contributed by atoms with Crippen LogP contribution in [0.15, 0.2) is 30.3 Å². The average molecular weight is 450 g/mol. The van der Waals surface area contributed by atoms with E-state index in [9.17, 15) is 19.2 Å². The molecule has 32 heavy (non-hydrogen) atoms. The third-order valence-corrected chi connectivity index (χ3v) is 4.37. The van der Waals surface area contributed by atoms with E-state index in [1.165, 1.54) is 0 Å². The molecular formula is C23H35N3O6. The van der Waals surface area contributed by atoms with Gasteiger partial charge < -0.3 is 25.8 Å². The number of carbonyl (C=O) groups excluding carboxylic acids is 4. The molecule has 0 aromatic heterocycles. The lowest BCUT2D eigenvalue weighted by molar-refractivity contribution is -0.145. The van der Waals surface area contributed by atoms with Crippen molar-refractivity contribution in [3.63, 3.8) is 0 Å². The van der Waals surface area contributed by atoms with Crippen molar-refractivity contribution >= 4 is 23.9 Å². The fraction of sp³-hybridized carbons (Fsp3) is 0.565. The summed E-state index contributed by atoms with van der Waals surface area (Å²) in [4.78, 5) is 47.9. The van der Waals surface area contributed by atoms with Crippen molar-refractivity contribution < 1.29 is 28.7 Å². The lowest BCUT2D eigenvalue weighted by Gasteiger charge is -2.23. The minimum atomic E-state index is -0.972. The normalized spacial score (nSPS) is 12.9. The Morgan fingerprint density at radius 1 is 1.06 bits per heavy atom. The Kier molecular flexibility index (Phi) is 11.2. The highest BCUT2D eigenvalue weighted by Crippen LogP contribution is 2.10. The summed E-state index contributed by atoms with van der Waals surface area (Å²) in [5.41, 5.74) is 5.30. The zero-order valence-corrected chi connectivity index (χ0v) is 19.3. The van der Waals surface area contributed by atoms with Crippen LogP contribution in [0.5, 0.6) is 0 Å². The Morgan fingerprint density at radius 3 is 2.31 bits per heavy atom. The molecule has 1 aromatic rings. The molecule has 1 aromatic carbocycles. The van der Waals surface area contributed by atoms with Gasteiger partial charge in [-0.3, -0.25) is 14.4 Å². The van der Waals surface area contributed by atoms with Crippen molar-refractivity contribution in [3.05, 3.63) is 35.9 Å². The second-order valence-corrected chi connectivity index (χ2v) is 8.74. The molecule has 0 heterocycles. The highest BCUT2D eigenvalue weighted by Gasteiger charge is 2.25. The molecule has 2 atom stereocenters. The van der Waals surface area contributed by atoms with Crippen molar-refractivity contribution in [1.82, 2.24) is 10.6 Å². The maximum atomic E-state index is 12.6. The van der Waals surface area contributed by atoms with Gasteiger partial charge in [-0.25, -0.2) is 4.79 Å². The lowest BCUT2D eigenvalue weighted by atomic mass is 10.0. The smallest absolute Gasteiger partial charge is 0.408 e. The molecule has 1 rings (SSSR count). The third kappa shape index (κ3) is 12.6. The van der Waals surface area contributed by atoms with Crippen molar-refractivity contribution in [2.24, 2.45) is 11.7 Å². The average Bonchev–Trinajstić information content (AvgIpc) is 2.68. The molecule has 0 saturated heterocycles. The largest absolute Gasteiger partial charge is 0.461 e. The van der Waals surface area contributed by atoms with Crippen molar-refractivity contribution in [3.8, 4) is 0 Å². The van der Waals surface area contributed by atoms with E-state index < -0.39 is 35.5 Å². The number of carbonyl (C=O) groups is 4. The zero-order chi connectivity index (χ0) is 24.1. The van der Waals surface area contributed by atoms with Crippen LogP contribution in [0.3, 0.4) is 0 Å². The van der Waals surface area contributed by atoms with Crippen LogP contribution in [-0.4, -0.2) is 42.1 Å². The Labute approximate surface area is 189 Å². The predicted molar refractivity (Wildman–Crippen MR) is 119 cm³/mol. The summed E-state index contributed by atoms with van der Waals surface area (Å²) in [5.74, 6) is -1.31. The Bertz CT molecular complexity index is 761. The molecule has 9 heteroatoms. The number of hydrogen-bond donors (Lipinski definition) is 3. The first-order valence-corrected chi connectivity index (χ1v) is 10.7. The molecule has 9 nitrogen and oxygen atoms in total. The monoisotopic (exact) mass is 449 g/mol. The van der Waals surface area contributed by atoms with E-state index in [0.717, 1.165) is 5.56 Å². The predicted octanol–water partition coefficient (Wildman–Crippen LogP) is 2.42. The summed E-state index contributed by atoms with van der Waals surface area (Å²) < 4.78 is 10.5. The number of nitrogens with two attached hydrogens (primary N) is 1. The van der Waals surface area contributed by atoms with Crippen LogP contribution in [0.2, 0.25) is 0 Å². The van der Waals surface area contributed by atoms with Crippen molar-refractivity contribution in [1.29, 1.82) is 0 Å². The molecule has 0 spiro atoms. The van der Waals surface area contributed by atoms with E-state index >= 15 is 0 Å². The molecule has 4 N–H and O–H groups in total. The zero-order valence-electron chi connectivity index (χ0n) is 19.3. The summed E-state index contributed by atoms with van der Waals surface area (Å²) in [6.07, 6.45) is 0.0155. The van der Waals surface area contributed by atoms with E-state index in [1.54, 1.807) is 20.8 Å². The second kappa shape index (κ2) is 13.3. The van der Waals surface area contributed by atoms with E-state index in [2.05, 4.69) is 10.6 Å². The quantitative estimate of drug-likeness (QED) is 0.419. The molecule has 0 saturated carbocycles. The molecule has 1 unspecified atom stereocenters. The van der Waals surface area contributed by atoms with Gasteiger partial charge in [-0.15, -0.1) is 0 Å². The topological polar surface area (TPSA) is 137 Å². The van der Waals surface area contributed by atoms with E-state index in [1.807, 2.05) is 37.3 Å². The minimum absolute atomic E-state index is 0.0121. The van der Waals surface area contributed by atoms with Crippen LogP contribution in [0.25, 0.3) is 0 Å². The molecule has 178 valence electrons. The highest BCUT2D eigenvalue weighted by atomic mass is 16.6. The first kappa shape index (κ1) is 26.9. The summed E-state index contributed by atoms with van der Waals surface area (Å²) in [5, 5.41) is 5.24. The first-order valence-electron chi connectivity index (χ1n) is 10.7. The van der Waals surface area contributed by atoms with E-state index in [4.69, 9.17) is 15.2 Å². The Hall–Kier alpha value is -3.10. The van der Waals surface area contributed by atoms with Gasteiger partial charge in [0.15, 0.2) is 0 Å². The fourth-order valence-corrected chi connectivity index (χ4v) is 2.80. The fourth-order valence-electron chi connectivity index (χ4n) is 2.80. The molecule has 3 amide bonds. The van der Waals surface area contributed by atoms with Crippen LogP contribution in [0.1, 0.15) is 58.9 Å². The number of hydrogen-bond acceptors (Lipinski definition) is 6. The van der Waals surface area contributed by atoms with Crippen LogP contribution < -0.4 is 16.4 Å². The molecule has 0 radical (unpaired) electrons. The van der Waals surface area contributed by atoms with Gasteiger partial charge in [0.2, 0.25) is 11.8 Å². The number of nitrogens with one attached hydrogen (secondary N) is 2. The highest BCUT2D eigenvalue weighted by molar-refractivity contribution is 5.86. The summed E-state index contributed by atoms with van der Waals surface area (Å²) in [7, 11) is 0.